The van der Waals surface area contributed by atoms with Gasteiger partial charge in [0.25, 0.3) is 5.91 Å². The van der Waals surface area contributed by atoms with Crippen molar-refractivity contribution in [1.82, 2.24) is 5.32 Å². The van der Waals surface area contributed by atoms with E-state index in [0.717, 1.165) is 11.3 Å². The SMILES string of the molecule is COc1ccc(NC(=O)c2ccc(CNC(=O)OC(C)(C)C)cc2)cc1. The number of carbonyl (C=O) groups is 2. The lowest BCUT2D eigenvalue weighted by molar-refractivity contribution is 0.0523. The average Bonchev–Trinajstić information content (AvgIpc) is 2.59. The lowest BCUT2D eigenvalue weighted by Gasteiger charge is -2.19. The monoisotopic (exact) mass is 356 g/mol. The van der Waals surface area contributed by atoms with Crippen LogP contribution in [0.5, 0.6) is 5.75 Å². The fraction of sp³-hybridized carbons (Fsp3) is 0.300. The summed E-state index contributed by atoms with van der Waals surface area (Å²) in [6, 6.07) is 14.1. The van der Waals surface area contributed by atoms with Gasteiger partial charge in [-0.05, 0) is 62.7 Å². The van der Waals surface area contributed by atoms with Gasteiger partial charge in [-0.2, -0.15) is 0 Å². The molecule has 0 fully saturated rings. The first-order valence-corrected chi connectivity index (χ1v) is 8.28. The van der Waals surface area contributed by atoms with Crippen molar-refractivity contribution >= 4 is 17.7 Å². The van der Waals surface area contributed by atoms with Crippen LogP contribution in [0, 0.1) is 0 Å². The number of methoxy groups -OCH3 is 1. The van der Waals surface area contributed by atoms with Gasteiger partial charge in [0, 0.05) is 17.8 Å². The first kappa shape index (κ1) is 19.3. The Kier molecular flexibility index (Phi) is 6.22. The molecule has 0 aliphatic carbocycles. The van der Waals surface area contributed by atoms with Crippen molar-refractivity contribution in [3.05, 3.63) is 59.7 Å². The second-order valence-corrected chi connectivity index (χ2v) is 6.73. The summed E-state index contributed by atoms with van der Waals surface area (Å²) in [5, 5.41) is 5.50. The van der Waals surface area contributed by atoms with Crippen LogP contribution < -0.4 is 15.4 Å². The maximum absolute atomic E-state index is 12.3. The van der Waals surface area contributed by atoms with Crippen molar-refractivity contribution in [2.24, 2.45) is 0 Å². The molecule has 0 unspecified atom stereocenters. The summed E-state index contributed by atoms with van der Waals surface area (Å²) >= 11 is 0. The van der Waals surface area contributed by atoms with E-state index in [-0.39, 0.29) is 5.91 Å². The molecule has 26 heavy (non-hydrogen) atoms. The van der Waals surface area contributed by atoms with Gasteiger partial charge >= 0.3 is 6.09 Å². The topological polar surface area (TPSA) is 76.7 Å². The number of hydrogen-bond acceptors (Lipinski definition) is 4. The van der Waals surface area contributed by atoms with Crippen molar-refractivity contribution in [1.29, 1.82) is 0 Å². The molecule has 0 aliphatic rings. The Balaban J connectivity index is 1.89. The molecule has 0 radical (unpaired) electrons. The molecule has 2 N–H and O–H groups in total. The minimum absolute atomic E-state index is 0.207. The second kappa shape index (κ2) is 8.38. The Labute approximate surface area is 153 Å². The standard InChI is InChI=1S/C20H24N2O4/c1-20(2,3)26-19(24)21-13-14-5-7-15(8-6-14)18(23)22-16-9-11-17(25-4)12-10-16/h5-12H,13H2,1-4H3,(H,21,24)(H,22,23). The zero-order chi connectivity index (χ0) is 19.2. The van der Waals surface area contributed by atoms with Crippen LogP contribution in [0.3, 0.4) is 0 Å². The van der Waals surface area contributed by atoms with Crippen LogP contribution in [0.2, 0.25) is 0 Å². The van der Waals surface area contributed by atoms with Gasteiger partial charge in [0.15, 0.2) is 0 Å². The van der Waals surface area contributed by atoms with Crippen LogP contribution in [0.15, 0.2) is 48.5 Å². The van der Waals surface area contributed by atoms with Gasteiger partial charge in [0.2, 0.25) is 0 Å². The minimum Gasteiger partial charge on any atom is -0.497 e. The first-order valence-electron chi connectivity index (χ1n) is 8.28. The highest BCUT2D eigenvalue weighted by atomic mass is 16.6. The zero-order valence-corrected chi connectivity index (χ0v) is 15.5. The summed E-state index contributed by atoms with van der Waals surface area (Å²) in [6.07, 6.45) is -0.473. The number of amides is 2. The maximum atomic E-state index is 12.3. The van der Waals surface area contributed by atoms with Crippen LogP contribution in [-0.4, -0.2) is 24.7 Å². The third kappa shape index (κ3) is 6.12. The van der Waals surface area contributed by atoms with Crippen LogP contribution in [-0.2, 0) is 11.3 Å². The van der Waals surface area contributed by atoms with Gasteiger partial charge in [-0.25, -0.2) is 4.79 Å². The molecule has 6 heteroatoms. The molecule has 2 rings (SSSR count). The van der Waals surface area contributed by atoms with Gasteiger partial charge in [0.1, 0.15) is 11.4 Å². The highest BCUT2D eigenvalue weighted by molar-refractivity contribution is 6.04. The summed E-state index contributed by atoms with van der Waals surface area (Å²) in [5.74, 6) is 0.520. The van der Waals surface area contributed by atoms with Crippen LogP contribution >= 0.6 is 0 Å². The van der Waals surface area contributed by atoms with E-state index in [1.54, 1.807) is 55.6 Å². The number of carbonyl (C=O) groups excluding carboxylic acids is 2. The van der Waals surface area contributed by atoms with Crippen LogP contribution in [0.1, 0.15) is 36.7 Å². The fourth-order valence-electron chi connectivity index (χ4n) is 2.14. The Morgan fingerprint density at radius 2 is 1.58 bits per heavy atom. The zero-order valence-electron chi connectivity index (χ0n) is 15.5. The van der Waals surface area contributed by atoms with Gasteiger partial charge < -0.3 is 20.1 Å². The predicted octanol–water partition coefficient (Wildman–Crippen LogP) is 3.97. The van der Waals surface area contributed by atoms with E-state index in [0.29, 0.717) is 17.8 Å². The van der Waals surface area contributed by atoms with Gasteiger partial charge in [0.05, 0.1) is 7.11 Å². The van der Waals surface area contributed by atoms with E-state index < -0.39 is 11.7 Å². The quantitative estimate of drug-likeness (QED) is 0.850. The number of nitrogens with one attached hydrogen (secondary N) is 2. The van der Waals surface area contributed by atoms with Crippen molar-refractivity contribution in [2.45, 2.75) is 32.9 Å². The molecule has 0 heterocycles. The molecule has 0 atom stereocenters. The van der Waals surface area contributed by atoms with Crippen molar-refractivity contribution in [2.75, 3.05) is 12.4 Å². The fourth-order valence-corrected chi connectivity index (χ4v) is 2.14. The average molecular weight is 356 g/mol. The van der Waals surface area contributed by atoms with Gasteiger partial charge in [-0.1, -0.05) is 12.1 Å². The molecule has 0 aromatic heterocycles. The molecule has 2 aromatic carbocycles. The Hall–Kier alpha value is -3.02. The Bertz CT molecular complexity index is 747. The smallest absolute Gasteiger partial charge is 0.407 e. The number of hydrogen-bond donors (Lipinski definition) is 2. The third-order valence-electron chi connectivity index (χ3n) is 3.40. The molecule has 0 spiro atoms. The third-order valence-corrected chi connectivity index (χ3v) is 3.40. The minimum atomic E-state index is -0.534. The van der Waals surface area contributed by atoms with Crippen molar-refractivity contribution < 1.29 is 19.1 Å². The highest BCUT2D eigenvalue weighted by Crippen LogP contribution is 2.16. The molecule has 0 bridgehead atoms. The first-order chi connectivity index (χ1) is 12.3. The maximum Gasteiger partial charge on any atom is 0.407 e. The molecule has 2 aromatic rings. The summed E-state index contributed by atoms with van der Waals surface area (Å²) in [5.41, 5.74) is 1.55. The van der Waals surface area contributed by atoms with E-state index in [4.69, 9.17) is 9.47 Å². The Morgan fingerprint density at radius 1 is 0.962 bits per heavy atom. The normalized spacial score (nSPS) is 10.8. The van der Waals surface area contributed by atoms with Crippen LogP contribution in [0.25, 0.3) is 0 Å². The molecule has 2 amide bonds. The molecule has 6 nitrogen and oxygen atoms in total. The summed E-state index contributed by atoms with van der Waals surface area (Å²) in [7, 11) is 1.59. The molecule has 138 valence electrons. The number of benzene rings is 2. The lowest BCUT2D eigenvalue weighted by atomic mass is 10.1. The molecule has 0 aliphatic heterocycles. The van der Waals surface area contributed by atoms with E-state index in [2.05, 4.69) is 10.6 Å². The lowest BCUT2D eigenvalue weighted by Crippen LogP contribution is -2.32. The van der Waals surface area contributed by atoms with E-state index in [9.17, 15) is 9.59 Å². The summed E-state index contributed by atoms with van der Waals surface area (Å²) < 4.78 is 10.3. The van der Waals surface area contributed by atoms with Gasteiger partial charge in [-0.15, -0.1) is 0 Å². The summed E-state index contributed by atoms with van der Waals surface area (Å²) in [6.45, 7) is 5.75. The number of ether oxygens (including phenoxy) is 2. The second-order valence-electron chi connectivity index (χ2n) is 6.73. The number of anilines is 1. The van der Waals surface area contributed by atoms with E-state index in [1.807, 2.05) is 20.8 Å². The van der Waals surface area contributed by atoms with Gasteiger partial charge in [-0.3, -0.25) is 4.79 Å². The summed E-state index contributed by atoms with van der Waals surface area (Å²) in [4.78, 5) is 23.9. The van der Waals surface area contributed by atoms with Crippen LogP contribution in [0.4, 0.5) is 10.5 Å². The van der Waals surface area contributed by atoms with E-state index in [1.165, 1.54) is 0 Å². The molecular weight excluding hydrogens is 332 g/mol. The highest BCUT2D eigenvalue weighted by Gasteiger charge is 2.15. The van der Waals surface area contributed by atoms with Crippen molar-refractivity contribution in [3.63, 3.8) is 0 Å². The molecular formula is C20H24N2O4. The predicted molar refractivity (Wildman–Crippen MR) is 100 cm³/mol. The largest absolute Gasteiger partial charge is 0.497 e. The van der Waals surface area contributed by atoms with E-state index >= 15 is 0 Å². The molecule has 0 saturated carbocycles. The Morgan fingerprint density at radius 3 is 2.12 bits per heavy atom. The number of rotatable bonds is 5. The number of alkyl carbamates (subject to hydrolysis) is 1. The molecule has 0 saturated heterocycles. The van der Waals surface area contributed by atoms with Crippen molar-refractivity contribution in [3.8, 4) is 5.75 Å².